The molecule has 1 aliphatic rings. The van der Waals surface area contributed by atoms with E-state index in [0.717, 1.165) is 11.2 Å². The third kappa shape index (κ3) is 2.52. The molecule has 0 radical (unpaired) electrons. The third-order valence-corrected chi connectivity index (χ3v) is 4.29. The second-order valence-corrected chi connectivity index (χ2v) is 6.52. The average molecular weight is 261 g/mol. The van der Waals surface area contributed by atoms with Gasteiger partial charge in [-0.05, 0) is 52.2 Å². The van der Waals surface area contributed by atoms with Crippen LogP contribution in [0.25, 0.3) is 0 Å². The monoisotopic (exact) mass is 261 g/mol. The van der Waals surface area contributed by atoms with Gasteiger partial charge in [-0.1, -0.05) is 11.6 Å². The third-order valence-electron chi connectivity index (χ3n) is 4.29. The standard InChI is InChI=1S/C15H24BNO2/c1-11-8-9-12(17(6)7)10-13(11)16-18-14(2,3)15(4,5)19-16/h8-10H,1-7H3. The summed E-state index contributed by atoms with van der Waals surface area (Å²) in [7, 11) is 3.79. The van der Waals surface area contributed by atoms with Crippen LogP contribution in [0, 0.1) is 6.92 Å². The minimum Gasteiger partial charge on any atom is -0.399 e. The quantitative estimate of drug-likeness (QED) is 0.763. The molecule has 2 rings (SSSR count). The summed E-state index contributed by atoms with van der Waals surface area (Å²) in [6.45, 7) is 10.4. The average Bonchev–Trinajstić information content (AvgIpc) is 2.48. The molecule has 0 aromatic heterocycles. The summed E-state index contributed by atoms with van der Waals surface area (Å²) in [6.07, 6.45) is 0. The molecule has 3 nitrogen and oxygen atoms in total. The van der Waals surface area contributed by atoms with Crippen LogP contribution in [-0.2, 0) is 9.31 Å². The fraction of sp³-hybridized carbons (Fsp3) is 0.600. The summed E-state index contributed by atoms with van der Waals surface area (Å²) < 4.78 is 12.2. The lowest BCUT2D eigenvalue weighted by Crippen LogP contribution is -2.41. The van der Waals surface area contributed by atoms with E-state index >= 15 is 0 Å². The molecule has 1 aliphatic heterocycles. The van der Waals surface area contributed by atoms with Crippen LogP contribution < -0.4 is 10.4 Å². The van der Waals surface area contributed by atoms with Crippen molar-refractivity contribution in [2.24, 2.45) is 0 Å². The fourth-order valence-electron chi connectivity index (χ4n) is 2.13. The number of aryl methyl sites for hydroxylation is 1. The van der Waals surface area contributed by atoms with Crippen molar-refractivity contribution in [2.45, 2.75) is 45.8 Å². The van der Waals surface area contributed by atoms with E-state index in [4.69, 9.17) is 9.31 Å². The van der Waals surface area contributed by atoms with Crippen molar-refractivity contribution in [1.29, 1.82) is 0 Å². The number of nitrogens with zero attached hydrogens (tertiary/aromatic N) is 1. The Morgan fingerprint density at radius 2 is 1.53 bits per heavy atom. The van der Waals surface area contributed by atoms with Gasteiger partial charge in [-0.2, -0.15) is 0 Å². The highest BCUT2D eigenvalue weighted by Gasteiger charge is 2.52. The van der Waals surface area contributed by atoms with Crippen LogP contribution >= 0.6 is 0 Å². The first kappa shape index (κ1) is 14.4. The van der Waals surface area contributed by atoms with Crippen molar-refractivity contribution in [1.82, 2.24) is 0 Å². The second-order valence-electron chi connectivity index (χ2n) is 6.52. The summed E-state index contributed by atoms with van der Waals surface area (Å²) in [5, 5.41) is 0. The number of anilines is 1. The lowest BCUT2D eigenvalue weighted by molar-refractivity contribution is 0.00578. The van der Waals surface area contributed by atoms with Crippen LogP contribution in [0.15, 0.2) is 18.2 Å². The minimum absolute atomic E-state index is 0.287. The molecule has 0 amide bonds. The Morgan fingerprint density at radius 3 is 2.00 bits per heavy atom. The summed E-state index contributed by atoms with van der Waals surface area (Å²) in [4.78, 5) is 2.09. The molecule has 1 aromatic carbocycles. The van der Waals surface area contributed by atoms with Gasteiger partial charge in [0, 0.05) is 19.8 Å². The zero-order valence-corrected chi connectivity index (χ0v) is 13.1. The van der Waals surface area contributed by atoms with Crippen LogP contribution in [0.1, 0.15) is 33.3 Å². The van der Waals surface area contributed by atoms with E-state index in [1.165, 1.54) is 5.56 Å². The van der Waals surface area contributed by atoms with Gasteiger partial charge in [-0.25, -0.2) is 0 Å². The molecule has 0 saturated carbocycles. The predicted octanol–water partition coefficient (Wildman–Crippen LogP) is 2.36. The Bertz CT molecular complexity index is 467. The Morgan fingerprint density at radius 1 is 1.00 bits per heavy atom. The van der Waals surface area contributed by atoms with Crippen molar-refractivity contribution >= 4 is 18.3 Å². The van der Waals surface area contributed by atoms with E-state index in [-0.39, 0.29) is 18.3 Å². The number of hydrogen-bond acceptors (Lipinski definition) is 3. The van der Waals surface area contributed by atoms with Gasteiger partial charge in [0.05, 0.1) is 11.2 Å². The SMILES string of the molecule is Cc1ccc(N(C)C)cc1B1OC(C)(C)C(C)(C)O1. The van der Waals surface area contributed by atoms with Crippen LogP contribution in [-0.4, -0.2) is 32.4 Å². The molecule has 1 aromatic rings. The highest BCUT2D eigenvalue weighted by atomic mass is 16.7. The van der Waals surface area contributed by atoms with Gasteiger partial charge < -0.3 is 14.2 Å². The molecule has 0 N–H and O–H groups in total. The number of benzene rings is 1. The van der Waals surface area contributed by atoms with Crippen molar-refractivity contribution in [3.8, 4) is 0 Å². The number of hydrogen-bond donors (Lipinski definition) is 0. The first-order valence-electron chi connectivity index (χ1n) is 6.77. The smallest absolute Gasteiger partial charge is 0.399 e. The van der Waals surface area contributed by atoms with Crippen LogP contribution in [0.3, 0.4) is 0 Å². The first-order valence-corrected chi connectivity index (χ1v) is 6.77. The molecule has 1 saturated heterocycles. The molecular weight excluding hydrogens is 237 g/mol. The maximum absolute atomic E-state index is 6.12. The Hall–Kier alpha value is -0.995. The lowest BCUT2D eigenvalue weighted by Gasteiger charge is -2.32. The van der Waals surface area contributed by atoms with Crippen LogP contribution in [0.5, 0.6) is 0 Å². The lowest BCUT2D eigenvalue weighted by atomic mass is 9.76. The van der Waals surface area contributed by atoms with Gasteiger partial charge in [0.1, 0.15) is 0 Å². The summed E-state index contributed by atoms with van der Waals surface area (Å²) in [5.41, 5.74) is 2.89. The molecule has 19 heavy (non-hydrogen) atoms. The summed E-state index contributed by atoms with van der Waals surface area (Å²) in [5.74, 6) is 0. The molecule has 0 atom stereocenters. The minimum atomic E-state index is -0.293. The zero-order chi connectivity index (χ0) is 14.4. The Labute approximate surface area is 117 Å². The van der Waals surface area contributed by atoms with Crippen LogP contribution in [0.2, 0.25) is 0 Å². The van der Waals surface area contributed by atoms with Crippen molar-refractivity contribution in [3.63, 3.8) is 0 Å². The summed E-state index contributed by atoms with van der Waals surface area (Å²) >= 11 is 0. The van der Waals surface area contributed by atoms with E-state index in [1.807, 2.05) is 14.1 Å². The molecule has 0 bridgehead atoms. The largest absolute Gasteiger partial charge is 0.495 e. The predicted molar refractivity (Wildman–Crippen MR) is 81.2 cm³/mol. The maximum atomic E-state index is 6.12. The van der Waals surface area contributed by atoms with Gasteiger partial charge >= 0.3 is 7.12 Å². The van der Waals surface area contributed by atoms with E-state index in [0.29, 0.717) is 0 Å². The maximum Gasteiger partial charge on any atom is 0.495 e. The molecule has 0 spiro atoms. The van der Waals surface area contributed by atoms with Gasteiger partial charge in [0.25, 0.3) is 0 Å². The number of rotatable bonds is 2. The molecule has 0 aliphatic carbocycles. The van der Waals surface area contributed by atoms with E-state index in [1.54, 1.807) is 0 Å². The van der Waals surface area contributed by atoms with Crippen molar-refractivity contribution in [3.05, 3.63) is 23.8 Å². The van der Waals surface area contributed by atoms with E-state index in [2.05, 4.69) is 57.7 Å². The van der Waals surface area contributed by atoms with Gasteiger partial charge in [-0.15, -0.1) is 0 Å². The zero-order valence-electron chi connectivity index (χ0n) is 13.1. The fourth-order valence-corrected chi connectivity index (χ4v) is 2.13. The molecular formula is C15H24BNO2. The van der Waals surface area contributed by atoms with Crippen molar-refractivity contribution < 1.29 is 9.31 Å². The Kier molecular flexibility index (Phi) is 3.44. The highest BCUT2D eigenvalue weighted by molar-refractivity contribution is 6.62. The molecule has 1 fully saturated rings. The summed E-state index contributed by atoms with van der Waals surface area (Å²) in [6, 6.07) is 6.39. The highest BCUT2D eigenvalue weighted by Crippen LogP contribution is 2.36. The van der Waals surface area contributed by atoms with Gasteiger partial charge in [-0.3, -0.25) is 0 Å². The normalized spacial score (nSPS) is 20.7. The topological polar surface area (TPSA) is 21.7 Å². The Balaban J connectivity index is 2.36. The molecule has 1 heterocycles. The first-order chi connectivity index (χ1) is 8.64. The molecule has 0 unspecified atom stereocenters. The van der Waals surface area contributed by atoms with E-state index in [9.17, 15) is 0 Å². The second kappa shape index (κ2) is 4.53. The molecule has 4 heteroatoms. The molecule has 104 valence electrons. The van der Waals surface area contributed by atoms with Gasteiger partial charge in [0.15, 0.2) is 0 Å². The van der Waals surface area contributed by atoms with E-state index < -0.39 is 0 Å². The van der Waals surface area contributed by atoms with Gasteiger partial charge in [0.2, 0.25) is 0 Å². The van der Waals surface area contributed by atoms with Crippen LogP contribution in [0.4, 0.5) is 5.69 Å². The van der Waals surface area contributed by atoms with Crippen molar-refractivity contribution in [2.75, 3.05) is 19.0 Å².